The van der Waals surface area contributed by atoms with Gasteiger partial charge in [0.05, 0.1) is 17.5 Å². The molecule has 0 spiro atoms. The molecule has 2 heterocycles. The highest BCUT2D eigenvalue weighted by molar-refractivity contribution is 6.08. The lowest BCUT2D eigenvalue weighted by atomic mass is 10.1. The minimum Gasteiger partial charge on any atom is -0.463 e. The number of nitrogens with zero attached hydrogens (tertiary/aromatic N) is 1. The van der Waals surface area contributed by atoms with Crippen LogP contribution in [0, 0.1) is 5.82 Å². The van der Waals surface area contributed by atoms with Crippen LogP contribution in [-0.2, 0) is 0 Å². The van der Waals surface area contributed by atoms with Gasteiger partial charge in [-0.15, -0.1) is 0 Å². The molecule has 2 aromatic carbocycles. The van der Waals surface area contributed by atoms with Crippen molar-refractivity contribution in [2.45, 2.75) is 0 Å². The molecule has 0 saturated carbocycles. The molecule has 0 aliphatic heterocycles. The fourth-order valence-electron chi connectivity index (χ4n) is 2.69. The first-order chi connectivity index (χ1) is 12.7. The summed E-state index contributed by atoms with van der Waals surface area (Å²) < 4.78 is 19.4. The summed E-state index contributed by atoms with van der Waals surface area (Å²) >= 11 is 0. The predicted molar refractivity (Wildman–Crippen MR) is 96.1 cm³/mol. The van der Waals surface area contributed by atoms with Crippen LogP contribution in [0.5, 0.6) is 0 Å². The smallest absolute Gasteiger partial charge is 0.258 e. The molecule has 0 radical (unpaired) electrons. The van der Waals surface area contributed by atoms with E-state index in [9.17, 15) is 9.18 Å². The van der Waals surface area contributed by atoms with E-state index in [0.717, 1.165) is 5.56 Å². The van der Waals surface area contributed by atoms with Gasteiger partial charge in [0, 0.05) is 5.56 Å². The molecule has 128 valence electrons. The van der Waals surface area contributed by atoms with Gasteiger partial charge in [0.2, 0.25) is 0 Å². The molecule has 2 aromatic heterocycles. The number of hydrogen-bond acceptors (Lipinski definition) is 3. The van der Waals surface area contributed by atoms with Crippen molar-refractivity contribution >= 4 is 11.6 Å². The van der Waals surface area contributed by atoms with Crippen LogP contribution >= 0.6 is 0 Å². The molecule has 0 aliphatic rings. The lowest BCUT2D eigenvalue weighted by Crippen LogP contribution is -2.14. The zero-order valence-electron chi connectivity index (χ0n) is 13.6. The number of rotatable bonds is 4. The summed E-state index contributed by atoms with van der Waals surface area (Å²) in [4.78, 5) is 12.6. The summed E-state index contributed by atoms with van der Waals surface area (Å²) in [5.41, 5.74) is 2.25. The van der Waals surface area contributed by atoms with Crippen molar-refractivity contribution in [2.75, 3.05) is 5.32 Å². The van der Waals surface area contributed by atoms with E-state index in [-0.39, 0.29) is 5.56 Å². The minimum absolute atomic E-state index is 0.0434. The molecule has 0 saturated heterocycles. The summed E-state index contributed by atoms with van der Waals surface area (Å²) in [6.07, 6.45) is 1.53. The molecular formula is C20H14FN3O2. The van der Waals surface area contributed by atoms with E-state index < -0.39 is 11.7 Å². The topological polar surface area (TPSA) is 70.9 Å². The van der Waals surface area contributed by atoms with Crippen molar-refractivity contribution < 1.29 is 13.6 Å². The molecule has 0 bridgehead atoms. The van der Waals surface area contributed by atoms with Gasteiger partial charge >= 0.3 is 0 Å². The zero-order chi connectivity index (χ0) is 17.9. The van der Waals surface area contributed by atoms with Crippen LogP contribution in [0.15, 0.2) is 77.4 Å². The number of aromatic nitrogens is 2. The summed E-state index contributed by atoms with van der Waals surface area (Å²) in [7, 11) is 0. The average Bonchev–Trinajstić information content (AvgIpc) is 3.32. The SMILES string of the molecule is O=C(Nc1c(-c2ccccc2)n[nH]c1-c1ccco1)c1ccccc1F. The zero-order valence-corrected chi connectivity index (χ0v) is 13.6. The van der Waals surface area contributed by atoms with Gasteiger partial charge in [0.15, 0.2) is 5.76 Å². The number of carbonyl (C=O) groups excluding carboxylic acids is 1. The van der Waals surface area contributed by atoms with Crippen LogP contribution in [0.3, 0.4) is 0 Å². The number of benzene rings is 2. The quantitative estimate of drug-likeness (QED) is 0.561. The molecule has 4 aromatic rings. The number of H-pyrrole nitrogens is 1. The third-order valence-electron chi connectivity index (χ3n) is 3.94. The van der Waals surface area contributed by atoms with Crippen molar-refractivity contribution in [1.82, 2.24) is 10.2 Å². The van der Waals surface area contributed by atoms with Gasteiger partial charge in [-0.05, 0) is 24.3 Å². The second-order valence-electron chi connectivity index (χ2n) is 5.60. The first-order valence-corrected chi connectivity index (χ1v) is 7.97. The molecule has 5 nitrogen and oxygen atoms in total. The second-order valence-corrected chi connectivity index (χ2v) is 5.60. The van der Waals surface area contributed by atoms with Crippen LogP contribution < -0.4 is 5.32 Å². The van der Waals surface area contributed by atoms with Crippen LogP contribution in [0.4, 0.5) is 10.1 Å². The number of furan rings is 1. The highest BCUT2D eigenvalue weighted by Gasteiger charge is 2.21. The Morgan fingerprint density at radius 2 is 1.77 bits per heavy atom. The molecule has 0 unspecified atom stereocenters. The minimum atomic E-state index is -0.589. The molecule has 26 heavy (non-hydrogen) atoms. The monoisotopic (exact) mass is 347 g/mol. The van der Waals surface area contributed by atoms with Gasteiger partial charge in [-0.3, -0.25) is 9.89 Å². The van der Waals surface area contributed by atoms with Crippen molar-refractivity contribution in [1.29, 1.82) is 0 Å². The number of carbonyl (C=O) groups is 1. The predicted octanol–water partition coefficient (Wildman–Crippen LogP) is 4.73. The largest absolute Gasteiger partial charge is 0.463 e. The van der Waals surface area contributed by atoms with Crippen molar-refractivity contribution in [3.8, 4) is 22.7 Å². The number of halogens is 1. The van der Waals surface area contributed by atoms with Gasteiger partial charge in [-0.25, -0.2) is 4.39 Å². The third kappa shape index (κ3) is 2.88. The Kier molecular flexibility index (Phi) is 4.07. The van der Waals surface area contributed by atoms with Crippen LogP contribution in [0.25, 0.3) is 22.7 Å². The Hall–Kier alpha value is -3.67. The maximum absolute atomic E-state index is 14.0. The normalized spacial score (nSPS) is 10.7. The van der Waals surface area contributed by atoms with Gasteiger partial charge in [0.25, 0.3) is 5.91 Å². The van der Waals surface area contributed by atoms with E-state index >= 15 is 0 Å². The number of hydrogen-bond donors (Lipinski definition) is 2. The Labute approximate surface area is 148 Å². The van der Waals surface area contributed by atoms with Crippen molar-refractivity contribution in [3.63, 3.8) is 0 Å². The van der Waals surface area contributed by atoms with Gasteiger partial charge < -0.3 is 9.73 Å². The Balaban J connectivity index is 1.79. The second kappa shape index (κ2) is 6.68. The van der Waals surface area contributed by atoms with Crippen LogP contribution in [0.1, 0.15) is 10.4 Å². The van der Waals surface area contributed by atoms with E-state index in [1.807, 2.05) is 30.3 Å². The average molecular weight is 347 g/mol. The molecule has 0 aliphatic carbocycles. The molecule has 0 fully saturated rings. The maximum atomic E-state index is 14.0. The summed E-state index contributed by atoms with van der Waals surface area (Å²) in [5, 5.41) is 9.98. The van der Waals surface area contributed by atoms with Gasteiger partial charge in [-0.2, -0.15) is 5.10 Å². The fourth-order valence-corrected chi connectivity index (χ4v) is 2.69. The molecule has 1 amide bonds. The van der Waals surface area contributed by atoms with E-state index in [0.29, 0.717) is 22.8 Å². The number of amides is 1. The van der Waals surface area contributed by atoms with E-state index in [1.165, 1.54) is 24.5 Å². The molecule has 0 atom stereocenters. The molecule has 4 rings (SSSR count). The van der Waals surface area contributed by atoms with E-state index in [2.05, 4.69) is 15.5 Å². The Morgan fingerprint density at radius 1 is 1.00 bits per heavy atom. The van der Waals surface area contributed by atoms with Crippen molar-refractivity contribution in [2.24, 2.45) is 0 Å². The van der Waals surface area contributed by atoms with Gasteiger partial charge in [0.1, 0.15) is 17.2 Å². The lowest BCUT2D eigenvalue weighted by Gasteiger charge is -2.08. The maximum Gasteiger partial charge on any atom is 0.258 e. The van der Waals surface area contributed by atoms with Crippen molar-refractivity contribution in [3.05, 3.63) is 84.4 Å². The van der Waals surface area contributed by atoms with Gasteiger partial charge in [-0.1, -0.05) is 42.5 Å². The third-order valence-corrected chi connectivity index (χ3v) is 3.94. The van der Waals surface area contributed by atoms with Crippen LogP contribution in [-0.4, -0.2) is 16.1 Å². The fraction of sp³-hybridized carbons (Fsp3) is 0. The number of aromatic amines is 1. The summed E-state index contributed by atoms with van der Waals surface area (Å²) in [6.45, 7) is 0. The summed E-state index contributed by atoms with van der Waals surface area (Å²) in [5.74, 6) is -0.632. The standard InChI is InChI=1S/C20H14FN3O2/c21-15-10-5-4-9-14(15)20(25)22-19-17(13-7-2-1-3-8-13)23-24-18(19)16-11-6-12-26-16/h1-12H,(H,22,25)(H,23,24). The highest BCUT2D eigenvalue weighted by atomic mass is 19.1. The summed E-state index contributed by atoms with van der Waals surface area (Å²) in [6, 6.07) is 18.7. The first-order valence-electron chi connectivity index (χ1n) is 7.97. The lowest BCUT2D eigenvalue weighted by molar-refractivity contribution is 0.102. The van der Waals surface area contributed by atoms with E-state index in [4.69, 9.17) is 4.42 Å². The van der Waals surface area contributed by atoms with E-state index in [1.54, 1.807) is 18.2 Å². The Morgan fingerprint density at radius 3 is 2.50 bits per heavy atom. The molecular weight excluding hydrogens is 333 g/mol. The first kappa shape index (κ1) is 15.8. The molecule has 6 heteroatoms. The molecule has 2 N–H and O–H groups in total. The number of nitrogens with one attached hydrogen (secondary N) is 2. The number of anilines is 1. The Bertz CT molecular complexity index is 1040. The van der Waals surface area contributed by atoms with Crippen LogP contribution in [0.2, 0.25) is 0 Å². The highest BCUT2D eigenvalue weighted by Crippen LogP contribution is 2.35.